The maximum atomic E-state index is 5.96. The average molecular weight is 412 g/mol. The third-order valence-corrected chi connectivity index (χ3v) is 5.20. The normalized spacial score (nSPS) is 11.0. The van der Waals surface area contributed by atoms with Gasteiger partial charge in [0.05, 0.1) is 0 Å². The molecule has 0 bridgehead atoms. The molecule has 4 heteroatoms. The molecule has 30 heavy (non-hydrogen) atoms. The van der Waals surface area contributed by atoms with Crippen LogP contribution in [0.5, 0.6) is 5.75 Å². The van der Waals surface area contributed by atoms with Gasteiger partial charge in [-0.25, -0.2) is 4.98 Å². The summed E-state index contributed by atoms with van der Waals surface area (Å²) in [5.74, 6) is 1.44. The van der Waals surface area contributed by atoms with Gasteiger partial charge in [-0.3, -0.25) is 0 Å². The summed E-state index contributed by atoms with van der Waals surface area (Å²) in [5, 5.41) is 2.91. The first kappa shape index (κ1) is 18.5. The Morgan fingerprint density at radius 2 is 1.50 bits per heavy atom. The van der Waals surface area contributed by atoms with Crippen molar-refractivity contribution in [1.82, 2.24) is 4.98 Å². The summed E-state index contributed by atoms with van der Waals surface area (Å²) in [4.78, 5) is 4.63. The number of halogens is 1. The molecule has 0 aliphatic carbocycles. The fourth-order valence-corrected chi connectivity index (χ4v) is 3.47. The van der Waals surface area contributed by atoms with Crippen LogP contribution in [0.15, 0.2) is 102 Å². The molecule has 0 saturated heterocycles. The number of aromatic nitrogens is 1. The number of nitrogens with zero attached hydrogens (tertiary/aromatic N) is 1. The van der Waals surface area contributed by atoms with Gasteiger partial charge >= 0.3 is 0 Å². The Balaban J connectivity index is 1.37. The molecule has 5 aromatic rings. The molecule has 0 N–H and O–H groups in total. The lowest BCUT2D eigenvalue weighted by molar-refractivity contribution is 0.306. The monoisotopic (exact) mass is 411 g/mol. The van der Waals surface area contributed by atoms with Crippen LogP contribution in [0.4, 0.5) is 0 Å². The lowest BCUT2D eigenvalue weighted by Gasteiger charge is -2.08. The number of benzene rings is 4. The highest BCUT2D eigenvalue weighted by atomic mass is 35.5. The van der Waals surface area contributed by atoms with Gasteiger partial charge in [0.1, 0.15) is 24.3 Å². The number of hydrogen-bond acceptors (Lipinski definition) is 3. The topological polar surface area (TPSA) is 35.3 Å². The molecular formula is C26H18ClNO2. The molecule has 0 unspecified atom stereocenters. The zero-order chi connectivity index (χ0) is 20.3. The summed E-state index contributed by atoms with van der Waals surface area (Å²) in [6.07, 6.45) is 1.67. The van der Waals surface area contributed by atoms with Crippen molar-refractivity contribution in [3.05, 3.63) is 108 Å². The maximum absolute atomic E-state index is 5.96. The van der Waals surface area contributed by atoms with Crippen LogP contribution in [0, 0.1) is 0 Å². The van der Waals surface area contributed by atoms with Crippen molar-refractivity contribution >= 4 is 22.4 Å². The molecule has 0 spiro atoms. The second kappa shape index (κ2) is 8.05. The van der Waals surface area contributed by atoms with Crippen LogP contribution in [-0.2, 0) is 6.61 Å². The molecule has 0 aliphatic heterocycles. The predicted molar refractivity (Wildman–Crippen MR) is 121 cm³/mol. The van der Waals surface area contributed by atoms with Gasteiger partial charge in [-0.2, -0.15) is 0 Å². The fraction of sp³-hybridized carbons (Fsp3) is 0.0385. The molecule has 0 radical (unpaired) electrons. The fourth-order valence-electron chi connectivity index (χ4n) is 3.35. The molecule has 1 heterocycles. The van der Waals surface area contributed by atoms with Gasteiger partial charge in [0.15, 0.2) is 0 Å². The van der Waals surface area contributed by atoms with Crippen molar-refractivity contribution in [3.8, 4) is 28.5 Å². The van der Waals surface area contributed by atoms with Crippen LogP contribution in [0.1, 0.15) is 5.56 Å². The smallest absolute Gasteiger partial charge is 0.226 e. The Hall–Kier alpha value is -3.56. The third-order valence-electron chi connectivity index (χ3n) is 4.95. The molecule has 146 valence electrons. The first-order valence-electron chi connectivity index (χ1n) is 9.67. The largest absolute Gasteiger partial charge is 0.489 e. The third kappa shape index (κ3) is 3.93. The van der Waals surface area contributed by atoms with E-state index in [0.29, 0.717) is 17.5 Å². The van der Waals surface area contributed by atoms with E-state index in [1.807, 2.05) is 54.6 Å². The standard InChI is InChI=1S/C26H18ClNO2/c27-23-11-8-19(9-12-23)25-17-30-26(28-25)22-7-6-21-15-24(13-10-20(21)14-22)29-16-18-4-2-1-3-5-18/h1-15,17H,16H2. The van der Waals surface area contributed by atoms with Gasteiger partial charge in [-0.1, -0.05) is 66.2 Å². The van der Waals surface area contributed by atoms with E-state index in [9.17, 15) is 0 Å². The summed E-state index contributed by atoms with van der Waals surface area (Å²) in [6, 6.07) is 30.0. The first-order chi connectivity index (χ1) is 14.7. The van der Waals surface area contributed by atoms with Gasteiger partial charge < -0.3 is 9.15 Å². The molecule has 3 nitrogen and oxygen atoms in total. The Labute approximate surface area is 179 Å². The summed E-state index contributed by atoms with van der Waals surface area (Å²) in [6.45, 7) is 0.550. The van der Waals surface area contributed by atoms with Crippen LogP contribution in [0.25, 0.3) is 33.5 Å². The summed E-state index contributed by atoms with van der Waals surface area (Å²) < 4.78 is 11.7. The second-order valence-electron chi connectivity index (χ2n) is 7.04. The van der Waals surface area contributed by atoms with Crippen molar-refractivity contribution in [2.75, 3.05) is 0 Å². The van der Waals surface area contributed by atoms with Crippen molar-refractivity contribution in [3.63, 3.8) is 0 Å². The Kier molecular flexibility index (Phi) is 4.96. The highest BCUT2D eigenvalue weighted by Crippen LogP contribution is 2.29. The lowest BCUT2D eigenvalue weighted by Crippen LogP contribution is -1.94. The molecule has 5 rings (SSSR count). The summed E-state index contributed by atoms with van der Waals surface area (Å²) in [5.41, 5.74) is 3.83. The highest BCUT2D eigenvalue weighted by molar-refractivity contribution is 6.30. The van der Waals surface area contributed by atoms with Crippen LogP contribution in [-0.4, -0.2) is 4.98 Å². The van der Waals surface area contributed by atoms with Gasteiger partial charge in [0, 0.05) is 16.1 Å². The van der Waals surface area contributed by atoms with Crippen LogP contribution >= 0.6 is 11.6 Å². The molecule has 4 aromatic carbocycles. The van der Waals surface area contributed by atoms with Gasteiger partial charge in [0.2, 0.25) is 5.89 Å². The minimum atomic E-state index is 0.550. The molecule has 0 fully saturated rings. The van der Waals surface area contributed by atoms with Gasteiger partial charge in [-0.05, 0) is 52.7 Å². The number of rotatable bonds is 5. The van der Waals surface area contributed by atoms with Gasteiger partial charge in [0.25, 0.3) is 0 Å². The van der Waals surface area contributed by atoms with E-state index in [4.69, 9.17) is 20.8 Å². The quantitative estimate of drug-likeness (QED) is 0.302. The van der Waals surface area contributed by atoms with E-state index in [1.165, 1.54) is 0 Å². The van der Waals surface area contributed by atoms with Crippen molar-refractivity contribution in [2.24, 2.45) is 0 Å². The van der Waals surface area contributed by atoms with E-state index in [2.05, 4.69) is 41.4 Å². The molecule has 1 aromatic heterocycles. The molecule has 0 aliphatic rings. The number of hydrogen-bond donors (Lipinski definition) is 0. The zero-order valence-electron chi connectivity index (χ0n) is 16.1. The summed E-state index contributed by atoms with van der Waals surface area (Å²) in [7, 11) is 0. The molecule has 0 amide bonds. The van der Waals surface area contributed by atoms with E-state index in [0.717, 1.165) is 38.9 Å². The first-order valence-corrected chi connectivity index (χ1v) is 10.0. The predicted octanol–water partition coefficient (Wildman–Crippen LogP) is 7.39. The molecule has 0 atom stereocenters. The number of oxazole rings is 1. The zero-order valence-corrected chi connectivity index (χ0v) is 16.8. The Morgan fingerprint density at radius 3 is 2.33 bits per heavy atom. The van der Waals surface area contributed by atoms with Crippen molar-refractivity contribution < 1.29 is 9.15 Å². The SMILES string of the molecule is Clc1ccc(-c2coc(-c3ccc4cc(OCc5ccccc5)ccc4c3)n2)cc1. The van der Waals surface area contributed by atoms with Crippen LogP contribution in [0.2, 0.25) is 5.02 Å². The highest BCUT2D eigenvalue weighted by Gasteiger charge is 2.10. The van der Waals surface area contributed by atoms with E-state index < -0.39 is 0 Å². The van der Waals surface area contributed by atoms with Crippen molar-refractivity contribution in [2.45, 2.75) is 6.61 Å². The number of ether oxygens (including phenoxy) is 1. The van der Waals surface area contributed by atoms with E-state index in [1.54, 1.807) is 6.26 Å². The maximum Gasteiger partial charge on any atom is 0.226 e. The molecular weight excluding hydrogens is 394 g/mol. The number of fused-ring (bicyclic) bond motifs is 1. The lowest BCUT2D eigenvalue weighted by atomic mass is 10.1. The minimum Gasteiger partial charge on any atom is -0.489 e. The summed E-state index contributed by atoms with van der Waals surface area (Å²) >= 11 is 5.96. The average Bonchev–Trinajstić information content (AvgIpc) is 3.29. The Bertz CT molecular complexity index is 1290. The minimum absolute atomic E-state index is 0.550. The van der Waals surface area contributed by atoms with Gasteiger partial charge in [-0.15, -0.1) is 0 Å². The second-order valence-corrected chi connectivity index (χ2v) is 7.48. The van der Waals surface area contributed by atoms with Crippen LogP contribution in [0.3, 0.4) is 0 Å². The van der Waals surface area contributed by atoms with E-state index in [-0.39, 0.29) is 0 Å². The van der Waals surface area contributed by atoms with Crippen LogP contribution < -0.4 is 4.74 Å². The molecule has 0 saturated carbocycles. The van der Waals surface area contributed by atoms with Crippen molar-refractivity contribution in [1.29, 1.82) is 0 Å². The van der Waals surface area contributed by atoms with E-state index >= 15 is 0 Å². The Morgan fingerprint density at radius 1 is 0.767 bits per heavy atom.